The van der Waals surface area contributed by atoms with E-state index in [4.69, 9.17) is 160 Å². The SMILES string of the molecule is COC(=O)C(Cc1ccc(N(C(=O)c2c(Cl)cccc2Cl)C(=O)c2c(Cl)cccc2Cl)nc1)NC(=O)OC(C)(C)C.COC(=O)C(N)Cc1ccc(N(C(=O)c2c(Cl)cccc2Cl)C(=O)c2c(Cl)cccc2Cl)nc1.Cl.Cl.Nc1ccc(I)cn1.O=C(c1c(Cl)cccc1Cl)N(C(=O)c1c(Cl)cccc1Cl)c1ccc(I)cn1. The maximum atomic E-state index is 13.7. The van der Waals surface area contributed by atoms with Crippen molar-refractivity contribution in [1.29, 1.82) is 0 Å². The van der Waals surface area contributed by atoms with E-state index in [9.17, 15) is 43.2 Å². The van der Waals surface area contributed by atoms with Gasteiger partial charge < -0.3 is 31.0 Å². The number of carbonyl (C=O) groups excluding carboxylic acids is 9. The number of benzene rings is 6. The third-order valence-corrected chi connectivity index (χ3v) is 19.7. The lowest BCUT2D eigenvalue weighted by Crippen LogP contribution is -2.45. The summed E-state index contributed by atoms with van der Waals surface area (Å²) in [7, 11) is 2.42. The number of imide groups is 3. The first kappa shape index (κ1) is 96.4. The van der Waals surface area contributed by atoms with Gasteiger partial charge in [-0.05, 0) is 193 Å². The van der Waals surface area contributed by atoms with Crippen LogP contribution in [0.2, 0.25) is 60.3 Å². The van der Waals surface area contributed by atoms with Crippen molar-refractivity contribution in [1.82, 2.24) is 25.3 Å². The number of nitrogen functional groups attached to an aromatic ring is 1. The van der Waals surface area contributed by atoms with Gasteiger partial charge in [-0.15, -0.1) is 24.8 Å². The van der Waals surface area contributed by atoms with Crippen molar-refractivity contribution in [3.63, 3.8) is 0 Å². The van der Waals surface area contributed by atoms with Crippen molar-refractivity contribution in [2.24, 2.45) is 5.73 Å². The fraction of sp³-hybridized carbons (Fsp3) is 0.133. The van der Waals surface area contributed by atoms with Crippen LogP contribution in [-0.2, 0) is 36.6 Å². The van der Waals surface area contributed by atoms with Crippen LogP contribution in [0.5, 0.6) is 0 Å². The third-order valence-electron chi connectivity index (χ3n) is 14.6. The summed E-state index contributed by atoms with van der Waals surface area (Å²) in [6.45, 7) is 5.05. The minimum atomic E-state index is -1.11. The molecule has 0 saturated carbocycles. The summed E-state index contributed by atoms with van der Waals surface area (Å²) in [6.07, 6.45) is 5.25. The molecule has 0 bridgehead atoms. The molecule has 10 aromatic rings. The second kappa shape index (κ2) is 44.8. The number of nitrogens with zero attached hydrogens (tertiary/aromatic N) is 7. The molecular formula is C75H58Cl14I2N10O12. The van der Waals surface area contributed by atoms with E-state index < -0.39 is 71.2 Å². The molecule has 2 atom stereocenters. The van der Waals surface area contributed by atoms with Gasteiger partial charge >= 0.3 is 18.0 Å². The molecule has 22 nitrogen and oxygen atoms in total. The fourth-order valence-electron chi connectivity index (χ4n) is 9.52. The van der Waals surface area contributed by atoms with Gasteiger partial charge in [0.2, 0.25) is 0 Å². The van der Waals surface area contributed by atoms with Gasteiger partial charge in [0.25, 0.3) is 35.4 Å². The summed E-state index contributed by atoms with van der Waals surface area (Å²) >= 11 is 78.9. The Morgan fingerprint density at radius 3 is 0.867 bits per heavy atom. The molecule has 0 aliphatic carbocycles. The lowest BCUT2D eigenvalue weighted by atomic mass is 10.1. The van der Waals surface area contributed by atoms with Gasteiger partial charge in [-0.25, -0.2) is 44.2 Å². The van der Waals surface area contributed by atoms with Crippen LogP contribution < -0.4 is 31.5 Å². The molecule has 0 aliphatic rings. The van der Waals surface area contributed by atoms with Crippen LogP contribution >= 0.6 is 209 Å². The van der Waals surface area contributed by atoms with Crippen LogP contribution in [0.3, 0.4) is 0 Å². The number of hydrogen-bond acceptors (Lipinski definition) is 18. The Hall–Kier alpha value is -7.17. The van der Waals surface area contributed by atoms with Crippen LogP contribution in [0.4, 0.5) is 28.1 Å². The van der Waals surface area contributed by atoms with Crippen LogP contribution in [-0.4, -0.2) is 105 Å². The first-order chi connectivity index (χ1) is 52.5. The normalized spacial score (nSPS) is 11.0. The monoisotopic (exact) mass is 2030 g/mol. The number of ether oxygens (including phenoxy) is 3. The van der Waals surface area contributed by atoms with Crippen molar-refractivity contribution < 1.29 is 57.4 Å². The minimum Gasteiger partial charge on any atom is -0.468 e. The number of halogens is 16. The Morgan fingerprint density at radius 2 is 0.646 bits per heavy atom. The number of anilines is 4. The van der Waals surface area contributed by atoms with E-state index in [2.05, 4.69) is 75.2 Å². The van der Waals surface area contributed by atoms with Gasteiger partial charge in [0.05, 0.1) is 108 Å². The summed E-state index contributed by atoms with van der Waals surface area (Å²) in [5, 5.41) is 3.10. The zero-order valence-corrected chi connectivity index (χ0v) is 73.7. The smallest absolute Gasteiger partial charge is 0.408 e. The lowest BCUT2D eigenvalue weighted by Gasteiger charge is -2.23. The highest BCUT2D eigenvalue weighted by molar-refractivity contribution is 14.1. The van der Waals surface area contributed by atoms with Crippen LogP contribution in [0.15, 0.2) is 183 Å². The molecule has 0 aliphatic heterocycles. The van der Waals surface area contributed by atoms with Gasteiger partial charge in [-0.3, -0.25) is 33.6 Å². The highest BCUT2D eigenvalue weighted by Crippen LogP contribution is 2.37. The summed E-state index contributed by atoms with van der Waals surface area (Å²) < 4.78 is 16.6. The zero-order valence-electron chi connectivity index (χ0n) is 58.7. The molecule has 113 heavy (non-hydrogen) atoms. The topological polar surface area (TPSA) is 307 Å². The number of amides is 7. The van der Waals surface area contributed by atoms with Crippen LogP contribution in [0.1, 0.15) is 94.0 Å². The van der Waals surface area contributed by atoms with E-state index in [0.717, 1.165) is 21.8 Å². The first-order valence-electron chi connectivity index (χ1n) is 31.6. The molecule has 6 aromatic carbocycles. The number of rotatable bonds is 16. The van der Waals surface area contributed by atoms with Crippen molar-refractivity contribution in [2.75, 3.05) is 34.7 Å². The zero-order chi connectivity index (χ0) is 81.9. The van der Waals surface area contributed by atoms with E-state index in [1.54, 1.807) is 81.6 Å². The third kappa shape index (κ3) is 26.2. The molecule has 5 N–H and O–H groups in total. The molecule has 7 amide bonds. The van der Waals surface area contributed by atoms with Crippen molar-refractivity contribution in [3.05, 3.63) is 294 Å². The molecule has 0 spiro atoms. The number of carbonyl (C=O) groups is 9. The van der Waals surface area contributed by atoms with Crippen LogP contribution in [0, 0.1) is 7.14 Å². The van der Waals surface area contributed by atoms with E-state index >= 15 is 0 Å². The highest BCUT2D eigenvalue weighted by Gasteiger charge is 2.37. The molecule has 2 unspecified atom stereocenters. The Balaban J connectivity index is 0.000000289. The van der Waals surface area contributed by atoms with Gasteiger partial charge in [-0.2, -0.15) is 0 Å². The summed E-state index contributed by atoms with van der Waals surface area (Å²) in [5.41, 5.74) is 10.8. The molecule has 0 radical (unpaired) electrons. The lowest BCUT2D eigenvalue weighted by molar-refractivity contribution is -0.143. The average molecular weight is 2040 g/mol. The maximum absolute atomic E-state index is 13.7. The summed E-state index contributed by atoms with van der Waals surface area (Å²) in [5.74, 6) is -5.69. The van der Waals surface area contributed by atoms with Gasteiger partial charge in [0, 0.05) is 38.3 Å². The van der Waals surface area contributed by atoms with E-state index in [0.29, 0.717) is 16.9 Å². The Kier molecular flexibility index (Phi) is 38.2. The van der Waals surface area contributed by atoms with Crippen LogP contribution in [0.25, 0.3) is 0 Å². The first-order valence-corrected chi connectivity index (χ1v) is 38.3. The molecule has 4 heterocycles. The van der Waals surface area contributed by atoms with Gasteiger partial charge in [0.1, 0.15) is 41.0 Å². The highest BCUT2D eigenvalue weighted by atomic mass is 127. The molecule has 38 heteroatoms. The van der Waals surface area contributed by atoms with E-state index in [1.165, 1.54) is 130 Å². The Bertz CT molecular complexity index is 4810. The maximum Gasteiger partial charge on any atom is 0.408 e. The number of aromatic nitrogens is 4. The number of hydrogen-bond donors (Lipinski definition) is 3. The number of pyridine rings is 4. The van der Waals surface area contributed by atoms with Gasteiger partial charge in [-0.1, -0.05) is 188 Å². The number of nitrogens with two attached hydrogens (primary N) is 2. The Morgan fingerprint density at radius 1 is 0.389 bits per heavy atom. The predicted octanol–water partition coefficient (Wildman–Crippen LogP) is 20.9. The quantitative estimate of drug-likeness (QED) is 0.0350. The van der Waals surface area contributed by atoms with E-state index in [1.807, 2.05) is 6.07 Å². The molecule has 0 saturated heterocycles. The van der Waals surface area contributed by atoms with Crippen molar-refractivity contribution in [2.45, 2.75) is 51.3 Å². The summed E-state index contributed by atoms with van der Waals surface area (Å²) in [6, 6.07) is 38.0. The number of alkyl carbamates (subject to hydrolysis) is 1. The van der Waals surface area contributed by atoms with Gasteiger partial charge in [0.15, 0.2) is 0 Å². The largest absolute Gasteiger partial charge is 0.468 e. The number of methoxy groups -OCH3 is 2. The molecule has 0 fully saturated rings. The molecule has 4 aromatic heterocycles. The van der Waals surface area contributed by atoms with Crippen molar-refractivity contribution in [3.8, 4) is 0 Å². The predicted molar refractivity (Wildman–Crippen MR) is 466 cm³/mol. The number of esters is 2. The van der Waals surface area contributed by atoms with Crippen molar-refractivity contribution >= 4 is 286 Å². The molecule has 10 rings (SSSR count). The standard InChI is InChI=1S/C28H25Cl4N3O6.C23H17Cl4N3O4.C19H9Cl4IN2O2.C5H5IN2.2ClH/c1-28(2,3)41-27(39)34-20(26(38)40-4)13-15-11-12-21(33-14-15)35(24(36)22-16(29)7-5-8-17(22)30)25(37)23-18(31)9-6-10-19(23)32;1-34-23(33)17(28)10-12-8-9-18(29-11-12)30(21(31)19-13(24)4-2-5-14(19)25)22(32)20-15(26)6-3-7-16(20)27;20-11-3-1-4-12(21)16(11)18(27)26(15-8-7-10(24)9-25-15)19(28)17-13(22)5-2-6-14(17)23;6-4-1-2-5(7)8-3-4;;/h5-12,14,20H,13H2,1-4H3,(H,34,39);2-9,11,17H,10,28H2,1H3;1-9H;1-3H,(H2,7,8);2*1H. The minimum absolute atomic E-state index is 0. The molecular weight excluding hydrogens is 1980 g/mol. The summed E-state index contributed by atoms with van der Waals surface area (Å²) in [4.78, 5) is 136. The Labute approximate surface area is 747 Å². The second-order valence-electron chi connectivity index (χ2n) is 23.5. The molecule has 592 valence electrons. The van der Waals surface area contributed by atoms with E-state index in [-0.39, 0.29) is 149 Å². The second-order valence-corrected chi connectivity index (χ2v) is 30.8. The number of nitrogens with one attached hydrogen (secondary N) is 1. The average Bonchev–Trinajstić information content (AvgIpc) is 0.790. The fourth-order valence-corrected chi connectivity index (χ4v) is 13.5.